The minimum Gasteiger partial charge on any atom is -0.451 e. The molecule has 2 aromatic rings. The first-order chi connectivity index (χ1) is 20.8. The lowest BCUT2D eigenvalue weighted by Gasteiger charge is -2.26. The van der Waals surface area contributed by atoms with Gasteiger partial charge in [-0.05, 0) is 56.0 Å². The second-order valence-corrected chi connectivity index (χ2v) is 13.3. The Morgan fingerprint density at radius 1 is 1.02 bits per heavy atom. The van der Waals surface area contributed by atoms with Crippen molar-refractivity contribution >= 4 is 66.2 Å². The van der Waals surface area contributed by atoms with Crippen LogP contribution in [0.25, 0.3) is 22.6 Å². The Balaban J connectivity index is 1.44. The largest absolute Gasteiger partial charge is 0.451 e. The zero-order valence-electron chi connectivity index (χ0n) is 23.6. The van der Waals surface area contributed by atoms with Crippen LogP contribution in [-0.4, -0.2) is 59.2 Å². The third-order valence-corrected chi connectivity index (χ3v) is 8.85. The number of halogens is 2. The molecule has 236 valence electrons. The Bertz CT molecular complexity index is 2020. The van der Waals surface area contributed by atoms with E-state index in [0.717, 1.165) is 18.2 Å². The lowest BCUT2D eigenvalue weighted by atomic mass is 10.0. The minimum atomic E-state index is -4.22. The zero-order valence-corrected chi connectivity index (χ0v) is 26.8. The van der Waals surface area contributed by atoms with Crippen LogP contribution in [0.3, 0.4) is 0 Å². The molecule has 0 saturated heterocycles. The Morgan fingerprint density at radius 3 is 2.52 bits per heavy atom. The van der Waals surface area contributed by atoms with Crippen LogP contribution >= 0.6 is 23.2 Å². The Morgan fingerprint density at radius 2 is 1.80 bits per heavy atom. The molecule has 2 aliphatic heterocycles. The molecule has 2 aromatic carbocycles. The van der Waals surface area contributed by atoms with E-state index < -0.39 is 26.5 Å². The van der Waals surface area contributed by atoms with Crippen LogP contribution in [0, 0.1) is 13.8 Å². The lowest BCUT2D eigenvalue weighted by Crippen LogP contribution is -2.14. The van der Waals surface area contributed by atoms with Crippen molar-refractivity contribution in [1.82, 2.24) is 4.98 Å². The average Bonchev–Trinajstić information content (AvgIpc) is 2.98. The fourth-order valence-electron chi connectivity index (χ4n) is 4.65. The molecule has 0 unspecified atom stereocenters. The summed E-state index contributed by atoms with van der Waals surface area (Å²) in [5, 5.41) is 4.26. The Hall–Kier alpha value is -3.02. The molecule has 0 fully saturated rings. The van der Waals surface area contributed by atoms with E-state index in [1.807, 2.05) is 19.1 Å². The van der Waals surface area contributed by atoms with Gasteiger partial charge in [0.25, 0.3) is 10.1 Å². The van der Waals surface area contributed by atoms with E-state index in [-0.39, 0.29) is 41.1 Å². The molecule has 0 amide bonds. The van der Waals surface area contributed by atoms with E-state index in [0.29, 0.717) is 57.9 Å². The SMILES string of the molecule is COS(=O)(=O)OCCCc1ccc2c(c1C)Oc1c(c(Cl)c3oc4c(C)c(=NCCOCS(=O)(=O)O)ccc-4nc3c1Cl)N2. The Labute approximate surface area is 263 Å². The first-order valence-electron chi connectivity index (χ1n) is 13.1. The highest BCUT2D eigenvalue weighted by Gasteiger charge is 2.29. The fourth-order valence-corrected chi connectivity index (χ4v) is 5.92. The number of aromatic nitrogens is 1. The van der Waals surface area contributed by atoms with Gasteiger partial charge < -0.3 is 19.2 Å². The van der Waals surface area contributed by atoms with Crippen LogP contribution in [-0.2, 0) is 40.0 Å². The van der Waals surface area contributed by atoms with Crippen molar-refractivity contribution in [1.29, 1.82) is 0 Å². The van der Waals surface area contributed by atoms with Crippen LogP contribution in [0.5, 0.6) is 11.5 Å². The molecule has 0 bridgehead atoms. The van der Waals surface area contributed by atoms with Gasteiger partial charge in [-0.15, -0.1) is 0 Å². The maximum Gasteiger partial charge on any atom is 0.399 e. The van der Waals surface area contributed by atoms with E-state index in [1.54, 1.807) is 19.1 Å². The third kappa shape index (κ3) is 6.79. The lowest BCUT2D eigenvalue weighted by molar-refractivity contribution is 0.178. The van der Waals surface area contributed by atoms with Crippen LogP contribution in [0.2, 0.25) is 10.0 Å². The summed E-state index contributed by atoms with van der Waals surface area (Å²) in [5.41, 5.74) is 4.50. The summed E-state index contributed by atoms with van der Waals surface area (Å²) < 4.78 is 79.7. The molecule has 2 N–H and O–H groups in total. The molecule has 0 aromatic heterocycles. The molecule has 17 heteroatoms. The number of hydrogen-bond donors (Lipinski definition) is 2. The van der Waals surface area contributed by atoms with Crippen molar-refractivity contribution in [2.75, 3.05) is 38.1 Å². The zero-order chi connectivity index (χ0) is 31.8. The van der Waals surface area contributed by atoms with Gasteiger partial charge in [0.05, 0.1) is 37.9 Å². The molecule has 0 saturated carbocycles. The predicted octanol–water partition coefficient (Wildman–Crippen LogP) is 5.31. The van der Waals surface area contributed by atoms with E-state index in [4.69, 9.17) is 50.8 Å². The number of aryl methyl sites for hydroxylation is 1. The normalized spacial score (nSPS) is 13.5. The number of nitrogens with one attached hydrogen (secondary N) is 1. The molecular formula is C27H27Cl2N3O10S2. The van der Waals surface area contributed by atoms with Gasteiger partial charge in [0, 0.05) is 5.56 Å². The number of rotatable bonds is 11. The average molecular weight is 689 g/mol. The van der Waals surface area contributed by atoms with Crippen molar-refractivity contribution in [2.45, 2.75) is 26.7 Å². The number of anilines is 2. The van der Waals surface area contributed by atoms with Gasteiger partial charge in [-0.3, -0.25) is 13.7 Å². The molecule has 5 rings (SSSR count). The Kier molecular flexibility index (Phi) is 9.39. The number of nitrogens with zero attached hydrogens (tertiary/aromatic N) is 2. The molecule has 1 aliphatic carbocycles. The standard InChI is InChI=1S/C27H27Cl2N3O10S2/c1-14-16(5-4-11-40-44(36,37)38-3)6-7-18-24(14)41-26-20(28)23-27(21(29)22(26)31-18)42-25-15(2)17(8-9-19(25)32-23)30-10-12-39-13-43(33,34)35/h6-9,31H,4-5,10-13H2,1-3H3,(H,33,34,35). The van der Waals surface area contributed by atoms with Crippen molar-refractivity contribution in [3.05, 3.63) is 56.4 Å². The van der Waals surface area contributed by atoms with Crippen molar-refractivity contribution < 1.29 is 43.6 Å². The van der Waals surface area contributed by atoms with Gasteiger partial charge in [0.2, 0.25) is 0 Å². The molecule has 0 radical (unpaired) electrons. The summed E-state index contributed by atoms with van der Waals surface area (Å²) in [6, 6.07) is 7.17. The summed E-state index contributed by atoms with van der Waals surface area (Å²) in [6.07, 6.45) is 0.955. The first kappa shape index (κ1) is 32.4. The van der Waals surface area contributed by atoms with Gasteiger partial charge in [-0.2, -0.15) is 16.8 Å². The number of fused-ring (bicyclic) bond motifs is 4. The van der Waals surface area contributed by atoms with Gasteiger partial charge in [-0.25, -0.2) is 9.17 Å². The smallest absolute Gasteiger partial charge is 0.399 e. The second kappa shape index (κ2) is 12.8. The second-order valence-electron chi connectivity index (χ2n) is 9.73. The van der Waals surface area contributed by atoms with Crippen molar-refractivity contribution in [3.8, 4) is 23.0 Å². The molecule has 2 heterocycles. The van der Waals surface area contributed by atoms with Gasteiger partial charge in [0.1, 0.15) is 26.9 Å². The van der Waals surface area contributed by atoms with E-state index in [1.165, 1.54) is 0 Å². The highest BCUT2D eigenvalue weighted by Crippen LogP contribution is 2.54. The molecule has 44 heavy (non-hydrogen) atoms. The number of ether oxygens (including phenoxy) is 2. The highest BCUT2D eigenvalue weighted by molar-refractivity contribution is 7.85. The quantitative estimate of drug-likeness (QED) is 0.104. The van der Waals surface area contributed by atoms with E-state index >= 15 is 0 Å². The summed E-state index contributed by atoms with van der Waals surface area (Å²) in [6.45, 7) is 3.78. The van der Waals surface area contributed by atoms with Crippen molar-refractivity contribution in [3.63, 3.8) is 0 Å². The van der Waals surface area contributed by atoms with E-state index in [2.05, 4.69) is 14.5 Å². The summed E-state index contributed by atoms with van der Waals surface area (Å²) in [7, 11) is -7.18. The number of hydrogen-bond acceptors (Lipinski definition) is 12. The van der Waals surface area contributed by atoms with Gasteiger partial charge in [-0.1, -0.05) is 29.3 Å². The molecule has 3 aliphatic rings. The maximum atomic E-state index is 11.4. The van der Waals surface area contributed by atoms with Crippen LogP contribution in [0.4, 0.5) is 11.4 Å². The fraction of sp³-hybridized carbons (Fsp3) is 0.333. The van der Waals surface area contributed by atoms with Crippen LogP contribution in [0.1, 0.15) is 23.1 Å². The van der Waals surface area contributed by atoms with E-state index in [9.17, 15) is 16.8 Å². The van der Waals surface area contributed by atoms with Gasteiger partial charge in [0.15, 0.2) is 28.8 Å². The first-order valence-corrected chi connectivity index (χ1v) is 16.8. The highest BCUT2D eigenvalue weighted by atomic mass is 35.5. The third-order valence-electron chi connectivity index (χ3n) is 6.82. The van der Waals surface area contributed by atoms with Gasteiger partial charge >= 0.3 is 10.4 Å². The van der Waals surface area contributed by atoms with Crippen molar-refractivity contribution in [2.24, 2.45) is 4.99 Å². The maximum absolute atomic E-state index is 11.4. The summed E-state index contributed by atoms with van der Waals surface area (Å²) in [4.78, 5) is 9.13. The summed E-state index contributed by atoms with van der Waals surface area (Å²) in [5.74, 6) is 0.436. The predicted molar refractivity (Wildman–Crippen MR) is 163 cm³/mol. The monoisotopic (exact) mass is 687 g/mol. The molecule has 0 atom stereocenters. The topological polar surface area (TPSA) is 176 Å². The molecule has 13 nitrogen and oxygen atoms in total. The molecular weight excluding hydrogens is 661 g/mol. The molecule has 0 spiro atoms. The van der Waals surface area contributed by atoms with Crippen LogP contribution in [0.15, 0.2) is 33.7 Å². The number of benzene rings is 3. The minimum absolute atomic E-state index is 0.0147. The summed E-state index contributed by atoms with van der Waals surface area (Å²) >= 11 is 13.7. The van der Waals surface area contributed by atoms with Crippen LogP contribution < -0.4 is 15.4 Å².